The standard InChI is InChI=1S/C13H22N2O/c1-3-14-13(16)9(2)15-8-12-7-10-4-5-11(12)6-10/h4-5,9-12,15H,3,6-8H2,1-2H3,(H,14,16). The van der Waals surface area contributed by atoms with Crippen LogP contribution < -0.4 is 10.6 Å². The summed E-state index contributed by atoms with van der Waals surface area (Å²) in [6.45, 7) is 5.57. The van der Waals surface area contributed by atoms with E-state index in [9.17, 15) is 4.79 Å². The van der Waals surface area contributed by atoms with E-state index >= 15 is 0 Å². The lowest BCUT2D eigenvalue weighted by atomic mass is 9.93. The van der Waals surface area contributed by atoms with Crippen molar-refractivity contribution in [3.8, 4) is 0 Å². The molecule has 1 saturated carbocycles. The zero-order valence-electron chi connectivity index (χ0n) is 10.2. The molecule has 0 saturated heterocycles. The van der Waals surface area contributed by atoms with Crippen LogP contribution in [0.3, 0.4) is 0 Å². The quantitative estimate of drug-likeness (QED) is 0.689. The minimum atomic E-state index is -0.0666. The molecule has 2 rings (SSSR count). The van der Waals surface area contributed by atoms with Crippen molar-refractivity contribution in [1.29, 1.82) is 0 Å². The highest BCUT2D eigenvalue weighted by atomic mass is 16.2. The van der Waals surface area contributed by atoms with Gasteiger partial charge in [0.1, 0.15) is 0 Å². The zero-order valence-corrected chi connectivity index (χ0v) is 10.2. The number of hydrogen-bond acceptors (Lipinski definition) is 2. The van der Waals surface area contributed by atoms with E-state index in [1.54, 1.807) is 0 Å². The lowest BCUT2D eigenvalue weighted by Gasteiger charge is -2.21. The highest BCUT2D eigenvalue weighted by molar-refractivity contribution is 5.81. The van der Waals surface area contributed by atoms with E-state index in [-0.39, 0.29) is 11.9 Å². The number of carbonyl (C=O) groups is 1. The van der Waals surface area contributed by atoms with Crippen LogP contribution in [-0.2, 0) is 4.79 Å². The highest BCUT2D eigenvalue weighted by Gasteiger charge is 2.35. The van der Waals surface area contributed by atoms with Crippen LogP contribution in [0.15, 0.2) is 12.2 Å². The molecule has 1 amide bonds. The van der Waals surface area contributed by atoms with Gasteiger partial charge in [-0.15, -0.1) is 0 Å². The first-order valence-corrected chi connectivity index (χ1v) is 6.40. The molecule has 0 aromatic heterocycles. The summed E-state index contributed by atoms with van der Waals surface area (Å²) in [4.78, 5) is 11.5. The number of hydrogen-bond donors (Lipinski definition) is 2. The Balaban J connectivity index is 1.71. The fourth-order valence-electron chi connectivity index (χ4n) is 2.88. The molecule has 3 heteroatoms. The highest BCUT2D eigenvalue weighted by Crippen LogP contribution is 2.42. The number of allylic oxidation sites excluding steroid dienone is 2. The van der Waals surface area contributed by atoms with E-state index in [2.05, 4.69) is 22.8 Å². The Morgan fingerprint density at radius 1 is 1.44 bits per heavy atom. The van der Waals surface area contributed by atoms with Gasteiger partial charge >= 0.3 is 0 Å². The fraction of sp³-hybridized carbons (Fsp3) is 0.769. The summed E-state index contributed by atoms with van der Waals surface area (Å²) in [5, 5.41) is 6.19. The predicted molar refractivity (Wildman–Crippen MR) is 65.0 cm³/mol. The second-order valence-corrected chi connectivity index (χ2v) is 5.06. The lowest BCUT2D eigenvalue weighted by molar-refractivity contribution is -0.122. The minimum absolute atomic E-state index is 0.0666. The summed E-state index contributed by atoms with van der Waals surface area (Å²) in [6.07, 6.45) is 7.35. The summed E-state index contributed by atoms with van der Waals surface area (Å²) in [5.74, 6) is 2.43. The zero-order chi connectivity index (χ0) is 11.5. The number of fused-ring (bicyclic) bond motifs is 2. The first-order valence-electron chi connectivity index (χ1n) is 6.40. The molecule has 0 heterocycles. The van der Waals surface area contributed by atoms with E-state index in [1.807, 2.05) is 13.8 Å². The van der Waals surface area contributed by atoms with Gasteiger partial charge in [-0.1, -0.05) is 12.2 Å². The molecular formula is C13H22N2O. The molecule has 2 aliphatic carbocycles. The van der Waals surface area contributed by atoms with Crippen LogP contribution in [0.5, 0.6) is 0 Å². The number of nitrogens with one attached hydrogen (secondary N) is 2. The van der Waals surface area contributed by atoms with E-state index in [4.69, 9.17) is 0 Å². The van der Waals surface area contributed by atoms with Crippen molar-refractivity contribution in [2.75, 3.05) is 13.1 Å². The average Bonchev–Trinajstić information content (AvgIpc) is 2.87. The van der Waals surface area contributed by atoms with Gasteiger partial charge in [0.25, 0.3) is 0 Å². The first kappa shape index (κ1) is 11.6. The minimum Gasteiger partial charge on any atom is -0.355 e. The van der Waals surface area contributed by atoms with Crippen molar-refractivity contribution in [2.24, 2.45) is 17.8 Å². The predicted octanol–water partition coefficient (Wildman–Crippen LogP) is 1.31. The fourth-order valence-corrected chi connectivity index (χ4v) is 2.88. The van der Waals surface area contributed by atoms with E-state index in [0.29, 0.717) is 6.54 Å². The summed E-state index contributed by atoms with van der Waals surface area (Å²) in [6, 6.07) is -0.0666. The largest absolute Gasteiger partial charge is 0.355 e. The maximum atomic E-state index is 11.5. The Bertz CT molecular complexity index is 288. The number of carbonyl (C=O) groups excluding carboxylic acids is 1. The lowest BCUT2D eigenvalue weighted by Crippen LogP contribution is -2.44. The van der Waals surface area contributed by atoms with Gasteiger partial charge < -0.3 is 10.6 Å². The van der Waals surface area contributed by atoms with Gasteiger partial charge in [-0.3, -0.25) is 4.79 Å². The second-order valence-electron chi connectivity index (χ2n) is 5.06. The molecule has 16 heavy (non-hydrogen) atoms. The number of likely N-dealkylation sites (N-methyl/N-ethyl adjacent to an activating group) is 1. The van der Waals surface area contributed by atoms with E-state index in [1.165, 1.54) is 12.8 Å². The molecule has 2 bridgehead atoms. The molecule has 0 radical (unpaired) electrons. The molecule has 4 atom stereocenters. The number of rotatable bonds is 5. The Labute approximate surface area is 97.7 Å². The van der Waals surface area contributed by atoms with Gasteiger partial charge in [-0.25, -0.2) is 0 Å². The molecule has 2 aliphatic rings. The molecule has 2 N–H and O–H groups in total. The number of amides is 1. The molecule has 3 nitrogen and oxygen atoms in total. The van der Waals surface area contributed by atoms with Crippen molar-refractivity contribution in [3.63, 3.8) is 0 Å². The molecule has 0 spiro atoms. The van der Waals surface area contributed by atoms with Crippen molar-refractivity contribution in [2.45, 2.75) is 32.7 Å². The summed E-state index contributed by atoms with van der Waals surface area (Å²) in [5.41, 5.74) is 0. The SMILES string of the molecule is CCNC(=O)C(C)NCC1CC2C=CC1C2. The Morgan fingerprint density at radius 2 is 2.25 bits per heavy atom. The summed E-state index contributed by atoms with van der Waals surface area (Å²) in [7, 11) is 0. The third-order valence-electron chi connectivity index (χ3n) is 3.85. The van der Waals surface area contributed by atoms with E-state index < -0.39 is 0 Å². The Hall–Kier alpha value is -0.830. The van der Waals surface area contributed by atoms with Gasteiger partial charge in [0.15, 0.2) is 0 Å². The van der Waals surface area contributed by atoms with Crippen molar-refractivity contribution < 1.29 is 4.79 Å². The molecule has 0 aliphatic heterocycles. The third kappa shape index (κ3) is 2.46. The van der Waals surface area contributed by atoms with Crippen LogP contribution in [0.2, 0.25) is 0 Å². The molecular weight excluding hydrogens is 200 g/mol. The van der Waals surface area contributed by atoms with Crippen LogP contribution in [0.25, 0.3) is 0 Å². The molecule has 0 aromatic rings. The van der Waals surface area contributed by atoms with Gasteiger partial charge in [-0.05, 0) is 51.0 Å². The Morgan fingerprint density at radius 3 is 2.81 bits per heavy atom. The molecule has 90 valence electrons. The van der Waals surface area contributed by atoms with Gasteiger partial charge in [-0.2, -0.15) is 0 Å². The Kier molecular flexibility index (Phi) is 3.64. The molecule has 4 unspecified atom stereocenters. The van der Waals surface area contributed by atoms with Crippen LogP contribution in [-0.4, -0.2) is 25.0 Å². The van der Waals surface area contributed by atoms with Crippen LogP contribution in [0.4, 0.5) is 0 Å². The summed E-state index contributed by atoms with van der Waals surface area (Å²) < 4.78 is 0. The van der Waals surface area contributed by atoms with Crippen LogP contribution >= 0.6 is 0 Å². The second kappa shape index (κ2) is 5.00. The van der Waals surface area contributed by atoms with Crippen LogP contribution in [0, 0.1) is 17.8 Å². The smallest absolute Gasteiger partial charge is 0.236 e. The summed E-state index contributed by atoms with van der Waals surface area (Å²) >= 11 is 0. The topological polar surface area (TPSA) is 41.1 Å². The van der Waals surface area contributed by atoms with Crippen molar-refractivity contribution >= 4 is 5.91 Å². The van der Waals surface area contributed by atoms with Gasteiger partial charge in [0, 0.05) is 6.54 Å². The van der Waals surface area contributed by atoms with Gasteiger partial charge in [0.05, 0.1) is 6.04 Å². The van der Waals surface area contributed by atoms with E-state index in [0.717, 1.165) is 24.3 Å². The third-order valence-corrected chi connectivity index (χ3v) is 3.85. The van der Waals surface area contributed by atoms with Gasteiger partial charge in [0.2, 0.25) is 5.91 Å². The first-order chi connectivity index (χ1) is 7.70. The molecule has 1 fully saturated rings. The normalized spacial score (nSPS) is 33.0. The maximum Gasteiger partial charge on any atom is 0.236 e. The van der Waals surface area contributed by atoms with Crippen molar-refractivity contribution in [3.05, 3.63) is 12.2 Å². The van der Waals surface area contributed by atoms with Crippen LogP contribution in [0.1, 0.15) is 26.7 Å². The molecule has 0 aromatic carbocycles. The maximum absolute atomic E-state index is 11.5. The average molecular weight is 222 g/mol. The monoisotopic (exact) mass is 222 g/mol. The van der Waals surface area contributed by atoms with Crippen molar-refractivity contribution in [1.82, 2.24) is 10.6 Å².